The van der Waals surface area contributed by atoms with Gasteiger partial charge in [0.1, 0.15) is 0 Å². The SMILES string of the molecule is Cc1cccc(Nc2nc(N3CCCCC3)nc(N3CCCCC3)n2)c1. The molecule has 1 aromatic carbocycles. The molecular weight excluding hydrogens is 324 g/mol. The van der Waals surface area contributed by atoms with E-state index in [1.165, 1.54) is 44.1 Å². The third kappa shape index (κ3) is 4.06. The predicted molar refractivity (Wildman–Crippen MR) is 106 cm³/mol. The maximum absolute atomic E-state index is 4.83. The molecule has 1 N–H and O–H groups in total. The molecule has 1 aromatic heterocycles. The number of aryl methyl sites for hydroxylation is 1. The average Bonchev–Trinajstić information content (AvgIpc) is 2.69. The highest BCUT2D eigenvalue weighted by molar-refractivity contribution is 5.57. The fourth-order valence-electron chi connectivity index (χ4n) is 3.73. The third-order valence-corrected chi connectivity index (χ3v) is 5.16. The summed E-state index contributed by atoms with van der Waals surface area (Å²) >= 11 is 0. The van der Waals surface area contributed by atoms with Gasteiger partial charge in [-0.25, -0.2) is 0 Å². The van der Waals surface area contributed by atoms with Gasteiger partial charge in [0.2, 0.25) is 17.8 Å². The fourth-order valence-corrected chi connectivity index (χ4v) is 3.73. The Morgan fingerprint density at radius 2 is 1.35 bits per heavy atom. The number of anilines is 4. The van der Waals surface area contributed by atoms with Crippen LogP contribution in [0.3, 0.4) is 0 Å². The molecule has 3 heterocycles. The number of rotatable bonds is 4. The van der Waals surface area contributed by atoms with Crippen LogP contribution < -0.4 is 15.1 Å². The zero-order valence-electron chi connectivity index (χ0n) is 15.6. The lowest BCUT2D eigenvalue weighted by Gasteiger charge is -2.30. The van der Waals surface area contributed by atoms with E-state index in [2.05, 4.69) is 46.3 Å². The van der Waals surface area contributed by atoms with Crippen molar-refractivity contribution in [1.82, 2.24) is 15.0 Å². The molecule has 0 spiro atoms. The number of hydrogen-bond donors (Lipinski definition) is 1. The third-order valence-electron chi connectivity index (χ3n) is 5.16. The van der Waals surface area contributed by atoms with Crippen molar-refractivity contribution in [1.29, 1.82) is 0 Å². The highest BCUT2D eigenvalue weighted by Gasteiger charge is 2.20. The lowest BCUT2D eigenvalue weighted by molar-refractivity contribution is 0.556. The van der Waals surface area contributed by atoms with Crippen molar-refractivity contribution in [2.75, 3.05) is 41.3 Å². The van der Waals surface area contributed by atoms with Crippen LogP contribution in [0.2, 0.25) is 0 Å². The van der Waals surface area contributed by atoms with Gasteiger partial charge in [0.25, 0.3) is 0 Å². The Morgan fingerprint density at radius 1 is 0.769 bits per heavy atom. The quantitative estimate of drug-likeness (QED) is 0.900. The van der Waals surface area contributed by atoms with E-state index < -0.39 is 0 Å². The summed E-state index contributed by atoms with van der Waals surface area (Å²) in [5.41, 5.74) is 2.24. The van der Waals surface area contributed by atoms with Crippen LogP contribution in [0.15, 0.2) is 24.3 Å². The second kappa shape index (κ2) is 7.89. The molecule has 0 atom stereocenters. The normalized spacial score (nSPS) is 18.0. The Balaban J connectivity index is 1.64. The molecule has 2 aromatic rings. The van der Waals surface area contributed by atoms with Gasteiger partial charge in [-0.3, -0.25) is 0 Å². The van der Waals surface area contributed by atoms with E-state index in [9.17, 15) is 0 Å². The number of nitrogens with zero attached hydrogens (tertiary/aromatic N) is 5. The van der Waals surface area contributed by atoms with Gasteiger partial charge in [-0.05, 0) is 63.1 Å². The smallest absolute Gasteiger partial charge is 0.233 e. The van der Waals surface area contributed by atoms with Crippen molar-refractivity contribution >= 4 is 23.5 Å². The van der Waals surface area contributed by atoms with E-state index in [1.54, 1.807) is 0 Å². The van der Waals surface area contributed by atoms with Crippen LogP contribution in [0.4, 0.5) is 23.5 Å². The summed E-state index contributed by atoms with van der Waals surface area (Å²) in [5.74, 6) is 2.28. The van der Waals surface area contributed by atoms with Crippen LogP contribution in [-0.2, 0) is 0 Å². The van der Waals surface area contributed by atoms with Crippen LogP contribution >= 0.6 is 0 Å². The Morgan fingerprint density at radius 3 is 1.88 bits per heavy atom. The minimum absolute atomic E-state index is 0.645. The van der Waals surface area contributed by atoms with Crippen LogP contribution in [0.5, 0.6) is 0 Å². The number of piperidine rings is 2. The first-order chi connectivity index (χ1) is 12.8. The maximum Gasteiger partial charge on any atom is 0.233 e. The van der Waals surface area contributed by atoms with Crippen LogP contribution in [0.1, 0.15) is 44.1 Å². The molecule has 0 unspecified atom stereocenters. The number of hydrogen-bond acceptors (Lipinski definition) is 6. The van der Waals surface area contributed by atoms with E-state index in [0.717, 1.165) is 43.8 Å². The molecule has 6 nitrogen and oxygen atoms in total. The predicted octanol–water partition coefficient (Wildman–Crippen LogP) is 3.90. The molecule has 26 heavy (non-hydrogen) atoms. The van der Waals surface area contributed by atoms with Gasteiger partial charge < -0.3 is 15.1 Å². The molecule has 2 saturated heterocycles. The van der Waals surface area contributed by atoms with E-state index in [-0.39, 0.29) is 0 Å². The van der Waals surface area contributed by atoms with Gasteiger partial charge in [-0.2, -0.15) is 15.0 Å². The number of aromatic nitrogens is 3. The lowest BCUT2D eigenvalue weighted by Crippen LogP contribution is -2.34. The van der Waals surface area contributed by atoms with Crippen LogP contribution in [-0.4, -0.2) is 41.1 Å². The molecule has 4 rings (SSSR count). The van der Waals surface area contributed by atoms with E-state index in [0.29, 0.717) is 5.95 Å². The summed E-state index contributed by atoms with van der Waals surface area (Å²) < 4.78 is 0. The second-order valence-corrected chi connectivity index (χ2v) is 7.35. The fraction of sp³-hybridized carbons (Fsp3) is 0.550. The minimum Gasteiger partial charge on any atom is -0.341 e. The topological polar surface area (TPSA) is 57.2 Å². The van der Waals surface area contributed by atoms with Gasteiger partial charge in [-0.1, -0.05) is 12.1 Å². The molecule has 0 bridgehead atoms. The van der Waals surface area contributed by atoms with Gasteiger partial charge in [0.05, 0.1) is 0 Å². The standard InChI is InChI=1S/C20H28N6/c1-16-9-8-10-17(15-16)21-18-22-19(25-11-4-2-5-12-25)24-20(23-18)26-13-6-3-7-14-26/h8-10,15H,2-7,11-14H2,1H3,(H,21,22,23,24). The Hall–Kier alpha value is -2.37. The highest BCUT2D eigenvalue weighted by atomic mass is 15.4. The molecule has 0 saturated carbocycles. The zero-order valence-corrected chi connectivity index (χ0v) is 15.6. The van der Waals surface area contributed by atoms with E-state index in [4.69, 9.17) is 15.0 Å². The summed E-state index contributed by atoms with van der Waals surface area (Å²) in [6, 6.07) is 8.32. The molecule has 0 aliphatic carbocycles. The van der Waals surface area contributed by atoms with Crippen LogP contribution in [0.25, 0.3) is 0 Å². The first-order valence-corrected chi connectivity index (χ1v) is 9.88. The Labute approximate surface area is 155 Å². The van der Waals surface area contributed by atoms with Crippen molar-refractivity contribution in [3.8, 4) is 0 Å². The summed E-state index contributed by atoms with van der Waals surface area (Å²) in [4.78, 5) is 18.9. The van der Waals surface area contributed by atoms with Crippen molar-refractivity contribution in [2.45, 2.75) is 45.4 Å². The molecule has 2 aliphatic heterocycles. The summed E-state index contributed by atoms with van der Waals surface area (Å²) in [5, 5.41) is 3.39. The molecular formula is C20H28N6. The molecule has 2 fully saturated rings. The summed E-state index contributed by atoms with van der Waals surface area (Å²) in [7, 11) is 0. The second-order valence-electron chi connectivity index (χ2n) is 7.35. The average molecular weight is 352 g/mol. The number of benzene rings is 1. The zero-order chi connectivity index (χ0) is 17.8. The molecule has 0 radical (unpaired) electrons. The Kier molecular flexibility index (Phi) is 5.18. The highest BCUT2D eigenvalue weighted by Crippen LogP contribution is 2.24. The van der Waals surface area contributed by atoms with Crippen molar-refractivity contribution in [2.24, 2.45) is 0 Å². The van der Waals surface area contributed by atoms with Crippen molar-refractivity contribution in [3.05, 3.63) is 29.8 Å². The monoisotopic (exact) mass is 352 g/mol. The first-order valence-electron chi connectivity index (χ1n) is 9.88. The molecule has 6 heteroatoms. The van der Waals surface area contributed by atoms with Crippen LogP contribution in [0, 0.1) is 6.92 Å². The summed E-state index contributed by atoms with van der Waals surface area (Å²) in [6.07, 6.45) is 7.46. The minimum atomic E-state index is 0.645. The first kappa shape index (κ1) is 17.1. The van der Waals surface area contributed by atoms with E-state index >= 15 is 0 Å². The summed E-state index contributed by atoms with van der Waals surface area (Å²) in [6.45, 7) is 6.23. The van der Waals surface area contributed by atoms with Crippen molar-refractivity contribution in [3.63, 3.8) is 0 Å². The van der Waals surface area contributed by atoms with E-state index in [1.807, 2.05) is 0 Å². The van der Waals surface area contributed by atoms with Gasteiger partial charge in [-0.15, -0.1) is 0 Å². The molecule has 2 aliphatic rings. The number of nitrogens with one attached hydrogen (secondary N) is 1. The van der Waals surface area contributed by atoms with Gasteiger partial charge in [0, 0.05) is 31.9 Å². The van der Waals surface area contributed by atoms with Crippen molar-refractivity contribution < 1.29 is 0 Å². The van der Waals surface area contributed by atoms with Gasteiger partial charge in [0.15, 0.2) is 0 Å². The largest absolute Gasteiger partial charge is 0.341 e. The van der Waals surface area contributed by atoms with Gasteiger partial charge >= 0.3 is 0 Å². The molecule has 138 valence electrons. The lowest BCUT2D eigenvalue weighted by atomic mass is 10.1. The maximum atomic E-state index is 4.83. The molecule has 0 amide bonds. The Bertz CT molecular complexity index is 699.